The smallest absolute Gasteiger partial charge is 0.309 e. The third kappa shape index (κ3) is 5.73. The maximum atomic E-state index is 13.1. The summed E-state index contributed by atoms with van der Waals surface area (Å²) in [5, 5.41) is 5.03. The van der Waals surface area contributed by atoms with Gasteiger partial charge in [-0.05, 0) is 12.1 Å². The van der Waals surface area contributed by atoms with Crippen molar-refractivity contribution in [3.8, 4) is 11.5 Å². The minimum atomic E-state index is -3.91. The molecule has 182 valence electrons. The largest absolute Gasteiger partial charge is 0.486 e. The highest BCUT2D eigenvalue weighted by molar-refractivity contribution is 7.89. The molecule has 3 aliphatic heterocycles. The second kappa shape index (κ2) is 10.7. The van der Waals surface area contributed by atoms with Crippen molar-refractivity contribution < 1.29 is 37.0 Å². The number of hydrogen-bond acceptors (Lipinski definition) is 9. The van der Waals surface area contributed by atoms with Crippen molar-refractivity contribution in [2.45, 2.75) is 11.1 Å². The third-order valence-corrected chi connectivity index (χ3v) is 7.41. The summed E-state index contributed by atoms with van der Waals surface area (Å²) in [5.74, 6) is -0.769. The van der Waals surface area contributed by atoms with Crippen LogP contribution < -0.4 is 20.1 Å². The maximum Gasteiger partial charge on any atom is 0.309 e. The summed E-state index contributed by atoms with van der Waals surface area (Å²) in [6.07, 6.45) is -0.923. The first-order valence-corrected chi connectivity index (χ1v) is 12.3. The van der Waals surface area contributed by atoms with Gasteiger partial charge in [0.05, 0.1) is 31.3 Å². The zero-order chi connectivity index (χ0) is 23.3. The standard InChI is InChI=1S/C20H28N4O8S/c25-19(21-3-4-23-5-8-29-9-6-23)20(26)22-14-18-24(7-10-32-18)33(27,28)15-1-2-16-17(13-15)31-12-11-30-16/h1-2,13,18H,3-12,14H2,(H,21,25)(H,22,26). The van der Waals surface area contributed by atoms with Gasteiger partial charge in [0.15, 0.2) is 11.5 Å². The molecule has 1 aromatic rings. The number of amides is 2. The van der Waals surface area contributed by atoms with Gasteiger partial charge >= 0.3 is 11.8 Å². The summed E-state index contributed by atoms with van der Waals surface area (Å²) < 4.78 is 49.1. The van der Waals surface area contributed by atoms with Crippen LogP contribution in [0, 0.1) is 0 Å². The highest BCUT2D eigenvalue weighted by atomic mass is 32.2. The molecule has 3 aliphatic rings. The summed E-state index contributed by atoms with van der Waals surface area (Å²) in [4.78, 5) is 26.4. The molecule has 1 aromatic carbocycles. The van der Waals surface area contributed by atoms with E-state index in [0.29, 0.717) is 51.0 Å². The number of rotatable bonds is 7. The molecule has 0 aliphatic carbocycles. The highest BCUT2D eigenvalue weighted by Gasteiger charge is 2.37. The lowest BCUT2D eigenvalue weighted by molar-refractivity contribution is -0.139. The summed E-state index contributed by atoms with van der Waals surface area (Å²) >= 11 is 0. The van der Waals surface area contributed by atoms with Crippen molar-refractivity contribution in [1.82, 2.24) is 19.8 Å². The zero-order valence-corrected chi connectivity index (χ0v) is 19.0. The first-order chi connectivity index (χ1) is 15.9. The number of nitrogens with zero attached hydrogens (tertiary/aromatic N) is 2. The molecule has 0 spiro atoms. The van der Waals surface area contributed by atoms with E-state index in [2.05, 4.69) is 15.5 Å². The second-order valence-corrected chi connectivity index (χ2v) is 9.56. The Balaban J connectivity index is 1.29. The molecule has 33 heavy (non-hydrogen) atoms. The normalized spacial score (nSPS) is 21.5. The van der Waals surface area contributed by atoms with Crippen LogP contribution in [0.5, 0.6) is 11.5 Å². The van der Waals surface area contributed by atoms with Crippen molar-refractivity contribution in [1.29, 1.82) is 0 Å². The van der Waals surface area contributed by atoms with E-state index in [4.69, 9.17) is 18.9 Å². The van der Waals surface area contributed by atoms with Crippen LogP contribution in [0.2, 0.25) is 0 Å². The Morgan fingerprint density at radius 1 is 0.939 bits per heavy atom. The van der Waals surface area contributed by atoms with Crippen LogP contribution in [0.15, 0.2) is 23.1 Å². The Kier molecular flexibility index (Phi) is 7.65. The average molecular weight is 485 g/mol. The summed E-state index contributed by atoms with van der Waals surface area (Å²) in [6.45, 7) is 4.73. The Morgan fingerprint density at radius 3 is 2.45 bits per heavy atom. The lowest BCUT2D eigenvalue weighted by atomic mass is 10.3. The molecule has 13 heteroatoms. The van der Waals surface area contributed by atoms with Crippen LogP contribution in [0.1, 0.15) is 0 Å². The number of nitrogens with one attached hydrogen (secondary N) is 2. The van der Waals surface area contributed by atoms with Crippen molar-refractivity contribution >= 4 is 21.8 Å². The molecular formula is C20H28N4O8S. The number of morpholine rings is 1. The quantitative estimate of drug-likeness (QED) is 0.437. The predicted octanol–water partition coefficient (Wildman–Crippen LogP) is -1.63. The number of carbonyl (C=O) groups excluding carboxylic acids is 2. The average Bonchev–Trinajstić information content (AvgIpc) is 3.32. The summed E-state index contributed by atoms with van der Waals surface area (Å²) in [7, 11) is -3.91. The molecule has 0 saturated carbocycles. The molecule has 0 bridgehead atoms. The molecule has 0 radical (unpaired) electrons. The van der Waals surface area contributed by atoms with E-state index in [1.165, 1.54) is 12.1 Å². The van der Waals surface area contributed by atoms with Gasteiger partial charge < -0.3 is 29.6 Å². The first kappa shape index (κ1) is 23.7. The number of sulfonamides is 1. The first-order valence-electron chi connectivity index (χ1n) is 10.8. The molecule has 2 saturated heterocycles. The minimum absolute atomic E-state index is 0.0365. The molecular weight excluding hydrogens is 456 g/mol. The molecule has 4 rings (SSSR count). The summed E-state index contributed by atoms with van der Waals surface area (Å²) in [6, 6.07) is 4.41. The van der Waals surface area contributed by atoms with Gasteiger partial charge in [0.2, 0.25) is 10.0 Å². The van der Waals surface area contributed by atoms with Crippen LogP contribution in [-0.4, -0.2) is 108 Å². The number of benzene rings is 1. The number of fused-ring (bicyclic) bond motifs is 1. The third-order valence-electron chi connectivity index (χ3n) is 5.52. The van der Waals surface area contributed by atoms with Gasteiger partial charge in [-0.15, -0.1) is 0 Å². The Bertz CT molecular complexity index is 967. The van der Waals surface area contributed by atoms with Crippen molar-refractivity contribution in [2.24, 2.45) is 0 Å². The monoisotopic (exact) mass is 484 g/mol. The van der Waals surface area contributed by atoms with E-state index >= 15 is 0 Å². The van der Waals surface area contributed by atoms with Gasteiger partial charge in [0.1, 0.15) is 19.4 Å². The summed E-state index contributed by atoms with van der Waals surface area (Å²) in [5.41, 5.74) is 0. The number of hydrogen-bond donors (Lipinski definition) is 2. The van der Waals surface area contributed by atoms with Gasteiger partial charge in [-0.2, -0.15) is 4.31 Å². The van der Waals surface area contributed by atoms with Crippen molar-refractivity contribution in [2.75, 3.05) is 72.3 Å². The molecule has 2 amide bonds. The van der Waals surface area contributed by atoms with Gasteiger partial charge in [-0.25, -0.2) is 8.42 Å². The maximum absolute atomic E-state index is 13.1. The van der Waals surface area contributed by atoms with E-state index in [1.54, 1.807) is 6.07 Å². The molecule has 0 aromatic heterocycles. The van der Waals surface area contributed by atoms with Gasteiger partial charge in [-0.3, -0.25) is 14.5 Å². The zero-order valence-electron chi connectivity index (χ0n) is 18.2. The van der Waals surface area contributed by atoms with Crippen LogP contribution in [0.25, 0.3) is 0 Å². The van der Waals surface area contributed by atoms with E-state index in [-0.39, 0.29) is 24.6 Å². The SMILES string of the molecule is O=C(NCCN1CCOCC1)C(=O)NCC1OCCN1S(=O)(=O)c1ccc2c(c1)OCCO2. The molecule has 12 nitrogen and oxygen atoms in total. The Morgan fingerprint density at radius 2 is 1.67 bits per heavy atom. The Hall–Kier alpha value is -2.45. The topological polar surface area (TPSA) is 136 Å². The van der Waals surface area contributed by atoms with E-state index in [1.807, 2.05) is 0 Å². The van der Waals surface area contributed by atoms with Crippen molar-refractivity contribution in [3.63, 3.8) is 0 Å². The fourth-order valence-electron chi connectivity index (χ4n) is 3.75. The molecule has 1 atom stereocenters. The van der Waals surface area contributed by atoms with E-state index < -0.39 is 28.1 Å². The lowest BCUT2D eigenvalue weighted by Crippen LogP contribution is -2.48. The molecule has 1 unspecified atom stereocenters. The highest BCUT2D eigenvalue weighted by Crippen LogP contribution is 2.34. The van der Waals surface area contributed by atoms with Crippen LogP contribution in [-0.2, 0) is 29.1 Å². The van der Waals surface area contributed by atoms with Crippen molar-refractivity contribution in [3.05, 3.63) is 18.2 Å². The van der Waals surface area contributed by atoms with E-state index in [9.17, 15) is 18.0 Å². The number of carbonyl (C=O) groups is 2. The van der Waals surface area contributed by atoms with Crippen LogP contribution in [0.4, 0.5) is 0 Å². The lowest BCUT2D eigenvalue weighted by Gasteiger charge is -2.26. The Labute approximate surface area is 192 Å². The van der Waals surface area contributed by atoms with E-state index in [0.717, 1.165) is 17.4 Å². The molecule has 2 N–H and O–H groups in total. The van der Waals surface area contributed by atoms with Crippen LogP contribution in [0.3, 0.4) is 0 Å². The molecule has 3 heterocycles. The predicted molar refractivity (Wildman–Crippen MR) is 114 cm³/mol. The fraction of sp³-hybridized carbons (Fsp3) is 0.600. The fourth-order valence-corrected chi connectivity index (χ4v) is 5.28. The van der Waals surface area contributed by atoms with Gasteiger partial charge in [-0.1, -0.05) is 0 Å². The van der Waals surface area contributed by atoms with Gasteiger partial charge in [0.25, 0.3) is 0 Å². The minimum Gasteiger partial charge on any atom is -0.486 e. The van der Waals surface area contributed by atoms with Crippen LogP contribution >= 0.6 is 0 Å². The van der Waals surface area contributed by atoms with Gasteiger partial charge in [0, 0.05) is 38.8 Å². The second-order valence-electron chi connectivity index (χ2n) is 7.67. The molecule has 2 fully saturated rings. The number of ether oxygens (including phenoxy) is 4.